The van der Waals surface area contributed by atoms with E-state index < -0.39 is 0 Å². The van der Waals surface area contributed by atoms with Gasteiger partial charge in [-0.2, -0.15) is 5.26 Å². The third kappa shape index (κ3) is 2.35. The Morgan fingerprint density at radius 1 is 1.40 bits per heavy atom. The van der Waals surface area contributed by atoms with E-state index in [1.165, 1.54) is 6.20 Å². The van der Waals surface area contributed by atoms with E-state index in [0.717, 1.165) is 5.76 Å². The molecule has 2 rings (SSSR count). The van der Waals surface area contributed by atoms with Gasteiger partial charge in [0.05, 0.1) is 11.8 Å². The number of hydrogen-bond acceptors (Lipinski definition) is 4. The molecule has 0 aliphatic heterocycles. The van der Waals surface area contributed by atoms with Crippen molar-refractivity contribution >= 4 is 0 Å². The topological polar surface area (TPSA) is 59.0 Å². The lowest BCUT2D eigenvalue weighted by Gasteiger charge is -2.01. The Balaban J connectivity index is 1.97. The molecule has 0 aliphatic rings. The summed E-state index contributed by atoms with van der Waals surface area (Å²) in [7, 11) is 0. The van der Waals surface area contributed by atoms with Crippen LogP contribution in [0.5, 0.6) is 5.88 Å². The second-order valence-electron chi connectivity index (χ2n) is 2.86. The number of nitriles is 1. The third-order valence-electron chi connectivity index (χ3n) is 1.81. The number of ether oxygens (including phenoxy) is 1. The Labute approximate surface area is 86.7 Å². The summed E-state index contributed by atoms with van der Waals surface area (Å²) in [6, 6.07) is 8.92. The first-order valence-corrected chi connectivity index (χ1v) is 4.40. The van der Waals surface area contributed by atoms with Gasteiger partial charge in [-0.3, -0.25) is 0 Å². The molecule has 15 heavy (non-hydrogen) atoms. The summed E-state index contributed by atoms with van der Waals surface area (Å²) in [4.78, 5) is 3.96. The van der Waals surface area contributed by atoms with E-state index in [-0.39, 0.29) is 0 Å². The molecule has 2 aromatic heterocycles. The summed E-state index contributed by atoms with van der Waals surface area (Å²) in [5, 5.41) is 8.56. The molecule has 4 nitrogen and oxygen atoms in total. The van der Waals surface area contributed by atoms with Crippen molar-refractivity contribution in [3.8, 4) is 11.9 Å². The van der Waals surface area contributed by atoms with Crippen molar-refractivity contribution in [3.63, 3.8) is 0 Å². The zero-order chi connectivity index (χ0) is 10.5. The van der Waals surface area contributed by atoms with E-state index in [1.54, 1.807) is 24.5 Å². The molecule has 0 amide bonds. The minimum Gasteiger partial charge on any atom is -0.469 e. The smallest absolute Gasteiger partial charge is 0.213 e. The quantitative estimate of drug-likeness (QED) is 0.761. The predicted octanol–water partition coefficient (Wildman–Crippen LogP) is 2.13. The Hall–Kier alpha value is -2.28. The van der Waals surface area contributed by atoms with Crippen LogP contribution in [0.4, 0.5) is 0 Å². The Kier molecular flexibility index (Phi) is 2.65. The lowest BCUT2D eigenvalue weighted by molar-refractivity contribution is 0.260. The summed E-state index contributed by atoms with van der Waals surface area (Å²) < 4.78 is 10.4. The number of furan rings is 1. The molecule has 0 aromatic carbocycles. The lowest BCUT2D eigenvalue weighted by atomic mass is 10.3. The van der Waals surface area contributed by atoms with E-state index in [1.807, 2.05) is 12.1 Å². The average Bonchev–Trinajstić information content (AvgIpc) is 2.80. The van der Waals surface area contributed by atoms with Gasteiger partial charge in [-0.15, -0.1) is 0 Å². The molecule has 4 heteroatoms. The fourth-order valence-electron chi connectivity index (χ4n) is 1.07. The van der Waals surface area contributed by atoms with E-state index in [9.17, 15) is 0 Å². The van der Waals surface area contributed by atoms with E-state index in [4.69, 9.17) is 14.4 Å². The summed E-state index contributed by atoms with van der Waals surface area (Å²) in [6.45, 7) is 0.339. The van der Waals surface area contributed by atoms with Gasteiger partial charge < -0.3 is 9.15 Å². The van der Waals surface area contributed by atoms with Gasteiger partial charge in [-0.05, 0) is 18.2 Å². The zero-order valence-corrected chi connectivity index (χ0v) is 7.88. The second kappa shape index (κ2) is 4.29. The average molecular weight is 200 g/mol. The zero-order valence-electron chi connectivity index (χ0n) is 7.88. The highest BCUT2D eigenvalue weighted by Crippen LogP contribution is 2.10. The molecule has 0 fully saturated rings. The molecule has 0 unspecified atom stereocenters. The summed E-state index contributed by atoms with van der Waals surface area (Å²) >= 11 is 0. The van der Waals surface area contributed by atoms with Gasteiger partial charge in [0.15, 0.2) is 0 Å². The highest BCUT2D eigenvalue weighted by atomic mass is 16.5. The Morgan fingerprint density at radius 2 is 2.33 bits per heavy atom. The lowest BCUT2D eigenvalue weighted by Crippen LogP contribution is -1.95. The van der Waals surface area contributed by atoms with E-state index in [2.05, 4.69) is 4.98 Å². The number of rotatable bonds is 3. The molecule has 0 bridgehead atoms. The molecular formula is C11H8N2O2. The van der Waals surface area contributed by atoms with Crippen molar-refractivity contribution < 1.29 is 9.15 Å². The maximum atomic E-state index is 8.56. The number of nitrogens with zero attached hydrogens (tertiary/aromatic N) is 2. The standard InChI is InChI=1S/C11H8N2O2/c12-6-9-3-4-11(13-7-9)15-8-10-2-1-5-14-10/h1-5,7H,8H2. The van der Waals surface area contributed by atoms with Crippen LogP contribution in [0.1, 0.15) is 11.3 Å². The normalized spacial score (nSPS) is 9.53. The van der Waals surface area contributed by atoms with Crippen molar-refractivity contribution in [1.29, 1.82) is 5.26 Å². The monoisotopic (exact) mass is 200 g/mol. The molecule has 0 saturated heterocycles. The molecule has 2 heterocycles. The largest absolute Gasteiger partial charge is 0.469 e. The van der Waals surface area contributed by atoms with Gasteiger partial charge in [-0.25, -0.2) is 4.98 Å². The van der Waals surface area contributed by atoms with Crippen LogP contribution in [0.2, 0.25) is 0 Å². The fourth-order valence-corrected chi connectivity index (χ4v) is 1.07. The maximum Gasteiger partial charge on any atom is 0.213 e. The molecule has 0 atom stereocenters. The van der Waals surface area contributed by atoms with Crippen LogP contribution in [0.15, 0.2) is 41.1 Å². The SMILES string of the molecule is N#Cc1ccc(OCc2ccco2)nc1. The van der Waals surface area contributed by atoms with Gasteiger partial charge in [-0.1, -0.05) is 0 Å². The summed E-state index contributed by atoms with van der Waals surface area (Å²) in [6.07, 6.45) is 3.06. The molecule has 2 aromatic rings. The molecular weight excluding hydrogens is 192 g/mol. The second-order valence-corrected chi connectivity index (χ2v) is 2.86. The van der Waals surface area contributed by atoms with Crippen molar-refractivity contribution in [2.45, 2.75) is 6.61 Å². The Bertz CT molecular complexity index is 454. The van der Waals surface area contributed by atoms with Crippen LogP contribution in [0.3, 0.4) is 0 Å². The third-order valence-corrected chi connectivity index (χ3v) is 1.81. The molecule has 0 N–H and O–H groups in total. The highest BCUT2D eigenvalue weighted by molar-refractivity contribution is 5.28. The van der Waals surface area contributed by atoms with Crippen molar-refractivity contribution in [3.05, 3.63) is 48.0 Å². The van der Waals surface area contributed by atoms with Crippen LogP contribution in [0.25, 0.3) is 0 Å². The molecule has 74 valence electrons. The van der Waals surface area contributed by atoms with Crippen molar-refractivity contribution in [1.82, 2.24) is 4.98 Å². The van der Waals surface area contributed by atoms with Crippen LogP contribution in [-0.4, -0.2) is 4.98 Å². The van der Waals surface area contributed by atoms with E-state index in [0.29, 0.717) is 18.1 Å². The summed E-state index contributed by atoms with van der Waals surface area (Å²) in [5.41, 5.74) is 0.514. The van der Waals surface area contributed by atoms with Gasteiger partial charge in [0.25, 0.3) is 0 Å². The van der Waals surface area contributed by atoms with Gasteiger partial charge in [0.1, 0.15) is 18.4 Å². The van der Waals surface area contributed by atoms with Crippen LogP contribution in [0, 0.1) is 11.3 Å². The maximum absolute atomic E-state index is 8.56. The van der Waals surface area contributed by atoms with Gasteiger partial charge in [0.2, 0.25) is 5.88 Å². The van der Waals surface area contributed by atoms with Gasteiger partial charge in [0, 0.05) is 12.3 Å². The summed E-state index contributed by atoms with van der Waals surface area (Å²) in [5.74, 6) is 1.21. The minimum absolute atomic E-state index is 0.339. The molecule has 0 spiro atoms. The predicted molar refractivity (Wildman–Crippen MR) is 52.0 cm³/mol. The number of hydrogen-bond donors (Lipinski definition) is 0. The van der Waals surface area contributed by atoms with Gasteiger partial charge >= 0.3 is 0 Å². The first kappa shape index (κ1) is 9.28. The number of pyridine rings is 1. The molecule has 0 radical (unpaired) electrons. The Morgan fingerprint density at radius 3 is 2.93 bits per heavy atom. The number of aromatic nitrogens is 1. The fraction of sp³-hybridized carbons (Fsp3) is 0.0909. The minimum atomic E-state index is 0.339. The van der Waals surface area contributed by atoms with Crippen molar-refractivity contribution in [2.75, 3.05) is 0 Å². The van der Waals surface area contributed by atoms with Crippen LogP contribution in [-0.2, 0) is 6.61 Å². The van der Waals surface area contributed by atoms with Crippen LogP contribution < -0.4 is 4.74 Å². The molecule has 0 aliphatic carbocycles. The van der Waals surface area contributed by atoms with Crippen LogP contribution >= 0.6 is 0 Å². The first-order valence-electron chi connectivity index (χ1n) is 4.40. The van der Waals surface area contributed by atoms with Crippen molar-refractivity contribution in [2.24, 2.45) is 0 Å². The highest BCUT2D eigenvalue weighted by Gasteiger charge is 1.99. The first-order chi connectivity index (χ1) is 7.38. The van der Waals surface area contributed by atoms with E-state index >= 15 is 0 Å². The molecule has 0 saturated carbocycles.